The number of halogens is 1. The first-order valence-corrected chi connectivity index (χ1v) is 10.2. The Morgan fingerprint density at radius 2 is 2.14 bits per heavy atom. The summed E-state index contributed by atoms with van der Waals surface area (Å²) in [5, 5.41) is 5.92. The molecule has 1 N–H and O–H groups in total. The maximum absolute atomic E-state index is 3.71. The summed E-state index contributed by atoms with van der Waals surface area (Å²) in [5.41, 5.74) is 0. The number of nitrogens with one attached hydrogen (secondary N) is 1. The van der Waals surface area contributed by atoms with E-state index in [9.17, 15) is 0 Å². The van der Waals surface area contributed by atoms with Crippen molar-refractivity contribution in [3.05, 3.63) is 20.8 Å². The third kappa shape index (κ3) is 5.37. The third-order valence-corrected chi connectivity index (χ3v) is 6.87. The van der Waals surface area contributed by atoms with E-state index in [4.69, 9.17) is 0 Å². The van der Waals surface area contributed by atoms with Crippen molar-refractivity contribution in [2.24, 2.45) is 23.7 Å². The van der Waals surface area contributed by atoms with Crippen molar-refractivity contribution in [1.82, 2.24) is 5.32 Å². The topological polar surface area (TPSA) is 12.0 Å². The maximum atomic E-state index is 3.71. The van der Waals surface area contributed by atoms with Gasteiger partial charge in [-0.2, -0.15) is 0 Å². The molecule has 3 unspecified atom stereocenters. The zero-order chi connectivity index (χ0) is 15.2. The summed E-state index contributed by atoms with van der Waals surface area (Å²) in [4.78, 5) is 1.55. The molecule has 120 valence electrons. The van der Waals surface area contributed by atoms with Crippen LogP contribution in [-0.2, 0) is 6.42 Å². The molecule has 1 aliphatic rings. The zero-order valence-corrected chi connectivity index (χ0v) is 16.1. The highest BCUT2D eigenvalue weighted by molar-refractivity contribution is 9.10. The van der Waals surface area contributed by atoms with Gasteiger partial charge in [0.25, 0.3) is 0 Å². The Morgan fingerprint density at radius 1 is 1.33 bits per heavy atom. The summed E-state index contributed by atoms with van der Waals surface area (Å²) in [5.74, 6) is 3.43. The lowest BCUT2D eigenvalue weighted by molar-refractivity contribution is 0.171. The summed E-state index contributed by atoms with van der Waals surface area (Å²) < 4.78 is 1.32. The lowest BCUT2D eigenvalue weighted by Crippen LogP contribution is -2.35. The maximum Gasteiger partial charge on any atom is 0.0314 e. The molecular formula is C18H30BrNS. The second kappa shape index (κ2) is 8.69. The molecule has 0 amide bonds. The molecule has 1 saturated carbocycles. The first-order valence-electron chi connectivity index (χ1n) is 8.52. The fourth-order valence-electron chi connectivity index (χ4n) is 3.58. The molecule has 1 nitrogen and oxygen atoms in total. The van der Waals surface area contributed by atoms with Gasteiger partial charge in [-0.3, -0.25) is 0 Å². The molecule has 2 rings (SSSR count). The lowest BCUT2D eigenvalue weighted by Gasteiger charge is -2.36. The zero-order valence-electron chi connectivity index (χ0n) is 13.7. The molecule has 0 bridgehead atoms. The molecule has 0 saturated heterocycles. The van der Waals surface area contributed by atoms with Gasteiger partial charge in [-0.05, 0) is 83.4 Å². The number of thiophene rings is 1. The monoisotopic (exact) mass is 371 g/mol. The first kappa shape index (κ1) is 17.5. The SMILES string of the molecule is CCC1CCC(CNCC(C)C)C(Cc2sccc2Br)C1. The van der Waals surface area contributed by atoms with Crippen molar-refractivity contribution in [3.8, 4) is 0 Å². The Bertz CT molecular complexity index is 415. The minimum Gasteiger partial charge on any atom is -0.316 e. The molecule has 1 heterocycles. The molecule has 1 aromatic rings. The average Bonchev–Trinajstić information content (AvgIpc) is 2.85. The van der Waals surface area contributed by atoms with Crippen LogP contribution in [0, 0.1) is 23.7 Å². The van der Waals surface area contributed by atoms with Crippen LogP contribution in [0.4, 0.5) is 0 Å². The molecule has 0 aromatic carbocycles. The Kier molecular flexibility index (Phi) is 7.24. The normalized spacial score (nSPS) is 26.4. The van der Waals surface area contributed by atoms with Gasteiger partial charge in [0.15, 0.2) is 0 Å². The molecule has 1 fully saturated rings. The fourth-order valence-corrected chi connectivity index (χ4v) is 5.19. The van der Waals surface area contributed by atoms with E-state index in [1.807, 2.05) is 11.3 Å². The Labute approximate surface area is 143 Å². The average molecular weight is 372 g/mol. The minimum absolute atomic E-state index is 0.752. The summed E-state index contributed by atoms with van der Waals surface area (Å²) in [6, 6.07) is 2.20. The van der Waals surface area contributed by atoms with Gasteiger partial charge in [0.2, 0.25) is 0 Å². The van der Waals surface area contributed by atoms with Crippen LogP contribution in [0.5, 0.6) is 0 Å². The molecule has 1 aliphatic carbocycles. The van der Waals surface area contributed by atoms with Gasteiger partial charge in [0.1, 0.15) is 0 Å². The predicted octanol–water partition coefficient (Wildman–Crippen LogP) is 5.74. The standard InChI is InChI=1S/C18H30BrNS/c1-4-14-5-6-15(12-20-11-13(2)3)16(9-14)10-18-17(19)7-8-21-18/h7-8,13-16,20H,4-6,9-12H2,1-3H3. The van der Waals surface area contributed by atoms with Crippen molar-refractivity contribution in [2.75, 3.05) is 13.1 Å². The van der Waals surface area contributed by atoms with Crippen LogP contribution in [0.3, 0.4) is 0 Å². The Hall–Kier alpha value is 0.140. The van der Waals surface area contributed by atoms with Crippen molar-refractivity contribution in [2.45, 2.75) is 52.9 Å². The Morgan fingerprint density at radius 3 is 2.76 bits per heavy atom. The van der Waals surface area contributed by atoms with Crippen LogP contribution < -0.4 is 5.32 Å². The van der Waals surface area contributed by atoms with Crippen LogP contribution in [0.15, 0.2) is 15.9 Å². The summed E-state index contributed by atoms with van der Waals surface area (Å²) in [7, 11) is 0. The minimum atomic E-state index is 0.752. The van der Waals surface area contributed by atoms with Crippen LogP contribution in [0.2, 0.25) is 0 Å². The number of hydrogen-bond acceptors (Lipinski definition) is 2. The summed E-state index contributed by atoms with van der Waals surface area (Å²) >= 11 is 5.63. The van der Waals surface area contributed by atoms with Crippen LogP contribution in [0.25, 0.3) is 0 Å². The van der Waals surface area contributed by atoms with Crippen molar-refractivity contribution < 1.29 is 0 Å². The molecule has 0 spiro atoms. The van der Waals surface area contributed by atoms with Crippen molar-refractivity contribution in [3.63, 3.8) is 0 Å². The van der Waals surface area contributed by atoms with Gasteiger partial charge < -0.3 is 5.32 Å². The molecule has 1 aromatic heterocycles. The number of rotatable bonds is 7. The second-order valence-electron chi connectivity index (χ2n) is 7.06. The lowest BCUT2D eigenvalue weighted by atomic mass is 9.71. The molecule has 21 heavy (non-hydrogen) atoms. The van der Waals surface area contributed by atoms with Gasteiger partial charge in [-0.25, -0.2) is 0 Å². The highest BCUT2D eigenvalue weighted by Crippen LogP contribution is 2.39. The summed E-state index contributed by atoms with van der Waals surface area (Å²) in [6.07, 6.45) is 6.90. The van der Waals surface area contributed by atoms with E-state index < -0.39 is 0 Å². The Balaban J connectivity index is 1.94. The van der Waals surface area contributed by atoms with E-state index in [1.54, 1.807) is 4.88 Å². The van der Waals surface area contributed by atoms with E-state index in [0.717, 1.165) is 30.2 Å². The van der Waals surface area contributed by atoms with Gasteiger partial charge >= 0.3 is 0 Å². The second-order valence-corrected chi connectivity index (χ2v) is 8.91. The highest BCUT2D eigenvalue weighted by Gasteiger charge is 2.30. The van der Waals surface area contributed by atoms with Gasteiger partial charge in [-0.1, -0.05) is 33.6 Å². The predicted molar refractivity (Wildman–Crippen MR) is 98.0 cm³/mol. The van der Waals surface area contributed by atoms with Crippen LogP contribution >= 0.6 is 27.3 Å². The van der Waals surface area contributed by atoms with E-state index in [0.29, 0.717) is 0 Å². The van der Waals surface area contributed by atoms with Crippen LogP contribution in [0.1, 0.15) is 51.3 Å². The number of hydrogen-bond donors (Lipinski definition) is 1. The largest absolute Gasteiger partial charge is 0.316 e. The van der Waals surface area contributed by atoms with E-state index in [-0.39, 0.29) is 0 Å². The molecule has 0 radical (unpaired) electrons. The van der Waals surface area contributed by atoms with E-state index in [1.165, 1.54) is 43.1 Å². The molecule has 0 aliphatic heterocycles. The molecule has 3 atom stereocenters. The van der Waals surface area contributed by atoms with E-state index in [2.05, 4.69) is 53.5 Å². The fraction of sp³-hybridized carbons (Fsp3) is 0.778. The van der Waals surface area contributed by atoms with Crippen LogP contribution in [-0.4, -0.2) is 13.1 Å². The van der Waals surface area contributed by atoms with Gasteiger partial charge in [-0.15, -0.1) is 11.3 Å². The van der Waals surface area contributed by atoms with Crippen molar-refractivity contribution >= 4 is 27.3 Å². The quantitative estimate of drug-likeness (QED) is 0.643. The molecular weight excluding hydrogens is 342 g/mol. The first-order chi connectivity index (χ1) is 10.1. The molecule has 3 heteroatoms. The van der Waals surface area contributed by atoms with Gasteiger partial charge in [0, 0.05) is 9.35 Å². The van der Waals surface area contributed by atoms with E-state index >= 15 is 0 Å². The highest BCUT2D eigenvalue weighted by atomic mass is 79.9. The van der Waals surface area contributed by atoms with Gasteiger partial charge in [0.05, 0.1) is 0 Å². The third-order valence-electron chi connectivity index (χ3n) is 4.92. The summed E-state index contributed by atoms with van der Waals surface area (Å²) in [6.45, 7) is 9.31. The smallest absolute Gasteiger partial charge is 0.0314 e. The van der Waals surface area contributed by atoms with Crippen molar-refractivity contribution in [1.29, 1.82) is 0 Å².